The van der Waals surface area contributed by atoms with Crippen LogP contribution in [-0.4, -0.2) is 30.0 Å². The summed E-state index contributed by atoms with van der Waals surface area (Å²) in [6.45, 7) is 1.98. The first kappa shape index (κ1) is 20.0. The van der Waals surface area contributed by atoms with Gasteiger partial charge in [0.15, 0.2) is 0 Å². The summed E-state index contributed by atoms with van der Waals surface area (Å²) in [6.07, 6.45) is -0.677. The fraction of sp³-hybridized carbons (Fsp3) is 0.263. The van der Waals surface area contributed by atoms with E-state index in [9.17, 15) is 13.6 Å². The molecule has 0 aromatic heterocycles. The number of carbonyl (C=O) groups excluding carboxylic acids is 1. The molecule has 1 aliphatic heterocycles. The molecule has 0 N–H and O–H groups in total. The fourth-order valence-corrected chi connectivity index (χ4v) is 2.92. The smallest absolute Gasteiger partial charge is 0.415 e. The molecule has 138 valence electrons. The quantitative estimate of drug-likeness (QED) is 0.668. The molecular formula is C19H19BrF2N2O2. The van der Waals surface area contributed by atoms with E-state index in [0.717, 1.165) is 22.2 Å². The predicted molar refractivity (Wildman–Crippen MR) is 100 cm³/mol. The molecule has 26 heavy (non-hydrogen) atoms. The fourth-order valence-electron chi connectivity index (χ4n) is 2.66. The zero-order valence-corrected chi connectivity index (χ0v) is 15.0. The number of carbonyl (C=O) groups is 1. The molecule has 1 aliphatic rings. The van der Waals surface area contributed by atoms with E-state index < -0.39 is 23.8 Å². The van der Waals surface area contributed by atoms with E-state index in [2.05, 4.69) is 20.9 Å². The molecule has 1 heterocycles. The van der Waals surface area contributed by atoms with Crippen molar-refractivity contribution in [3.8, 4) is 0 Å². The van der Waals surface area contributed by atoms with Crippen LogP contribution >= 0.6 is 15.9 Å². The van der Waals surface area contributed by atoms with Gasteiger partial charge in [0.25, 0.3) is 0 Å². The highest BCUT2D eigenvalue weighted by Crippen LogP contribution is 2.30. The number of benzene rings is 2. The number of hydrogen-bond donors (Lipinski definition) is 0. The predicted octanol–water partition coefficient (Wildman–Crippen LogP) is 5.32. The molecule has 3 rings (SSSR count). The number of rotatable bonds is 3. The molecule has 0 saturated heterocycles. The van der Waals surface area contributed by atoms with Gasteiger partial charge in [-0.15, -0.1) is 0 Å². The normalized spacial score (nSPS) is 16.1. The lowest BCUT2D eigenvalue weighted by Gasteiger charge is -2.19. The maximum Gasteiger partial charge on any atom is 0.415 e. The second-order valence-electron chi connectivity index (χ2n) is 5.43. The van der Waals surface area contributed by atoms with Crippen LogP contribution in [0, 0.1) is 11.6 Å². The third-order valence-electron chi connectivity index (χ3n) is 3.82. The van der Waals surface area contributed by atoms with Crippen molar-refractivity contribution >= 4 is 27.9 Å². The monoisotopic (exact) mass is 424 g/mol. The average molecular weight is 425 g/mol. The van der Waals surface area contributed by atoms with Gasteiger partial charge in [0.2, 0.25) is 0 Å². The highest BCUT2D eigenvalue weighted by molar-refractivity contribution is 9.10. The van der Waals surface area contributed by atoms with Gasteiger partial charge in [-0.05, 0) is 36.8 Å². The van der Waals surface area contributed by atoms with Gasteiger partial charge < -0.3 is 4.74 Å². The molecule has 0 radical (unpaired) electrons. The molecule has 2 aromatic rings. The zero-order chi connectivity index (χ0) is 18.0. The zero-order valence-electron chi connectivity index (χ0n) is 13.4. The molecular weight excluding hydrogens is 406 g/mol. The summed E-state index contributed by atoms with van der Waals surface area (Å²) in [5.41, 5.74) is 0.513. The second-order valence-corrected chi connectivity index (χ2v) is 6.34. The van der Waals surface area contributed by atoms with Crippen LogP contribution in [0.25, 0.3) is 0 Å². The van der Waals surface area contributed by atoms with Crippen LogP contribution in [0.3, 0.4) is 0 Å². The maximum atomic E-state index is 14.2. The lowest BCUT2D eigenvalue weighted by Crippen LogP contribution is -2.36. The summed E-state index contributed by atoms with van der Waals surface area (Å²) < 4.78 is 34.3. The van der Waals surface area contributed by atoms with E-state index in [1.54, 1.807) is 6.92 Å². The minimum Gasteiger partial charge on any atom is -0.449 e. The Kier molecular flexibility index (Phi) is 6.47. The number of halogens is 3. The first-order valence-corrected chi connectivity index (χ1v) is 8.52. The largest absolute Gasteiger partial charge is 0.449 e. The van der Waals surface area contributed by atoms with Crippen molar-refractivity contribution in [1.82, 2.24) is 4.90 Å². The Bertz CT molecular complexity index is 805. The van der Waals surface area contributed by atoms with E-state index in [1.807, 2.05) is 24.3 Å². The number of amides is 1. The lowest BCUT2D eigenvalue weighted by atomic mass is 10.1. The van der Waals surface area contributed by atoms with Gasteiger partial charge in [-0.3, -0.25) is 9.89 Å². The molecule has 0 saturated carbocycles. The van der Waals surface area contributed by atoms with Crippen molar-refractivity contribution in [3.05, 3.63) is 69.7 Å². The average Bonchev–Trinajstić information content (AvgIpc) is 3.00. The van der Waals surface area contributed by atoms with E-state index in [1.165, 1.54) is 11.0 Å². The standard InChI is InChI=1S/C18H15BrF2N2O2.CH4/c1-2-25-18(24)23-10-15(11-6-8-12(19)9-7-11)22-17(23)16-13(20)4-3-5-14(16)21;/h3-9,15H,2,10H2,1H3;1H4. The minimum atomic E-state index is -0.774. The van der Waals surface area contributed by atoms with Gasteiger partial charge in [0, 0.05) is 4.47 Å². The number of hydrogen-bond acceptors (Lipinski definition) is 3. The number of ether oxygens (including phenoxy) is 1. The summed E-state index contributed by atoms with van der Waals surface area (Å²) in [6, 6.07) is 10.5. The Balaban J connectivity index is 0.00000243. The summed E-state index contributed by atoms with van der Waals surface area (Å²) in [4.78, 5) is 17.8. The van der Waals surface area contributed by atoms with Crippen LogP contribution in [-0.2, 0) is 4.74 Å². The van der Waals surface area contributed by atoms with Crippen LogP contribution in [0.1, 0.15) is 31.5 Å². The maximum absolute atomic E-state index is 14.2. The van der Waals surface area contributed by atoms with Crippen molar-refractivity contribution in [3.63, 3.8) is 0 Å². The third-order valence-corrected chi connectivity index (χ3v) is 4.35. The Labute approximate surface area is 159 Å². The van der Waals surface area contributed by atoms with Gasteiger partial charge in [0.05, 0.1) is 24.8 Å². The summed E-state index contributed by atoms with van der Waals surface area (Å²) in [5.74, 6) is -1.60. The van der Waals surface area contributed by atoms with Crippen LogP contribution in [0.4, 0.5) is 13.6 Å². The molecule has 0 aliphatic carbocycles. The van der Waals surface area contributed by atoms with Crippen molar-refractivity contribution in [2.45, 2.75) is 20.4 Å². The van der Waals surface area contributed by atoms with Gasteiger partial charge in [0.1, 0.15) is 17.5 Å². The molecule has 0 fully saturated rings. The molecule has 7 heteroatoms. The van der Waals surface area contributed by atoms with Crippen molar-refractivity contribution in [2.24, 2.45) is 4.99 Å². The number of aliphatic imine (C=N–C) groups is 1. The first-order valence-electron chi connectivity index (χ1n) is 7.73. The number of amidine groups is 1. The number of nitrogens with zero attached hydrogens (tertiary/aromatic N) is 2. The van der Waals surface area contributed by atoms with E-state index in [0.29, 0.717) is 0 Å². The van der Waals surface area contributed by atoms with Gasteiger partial charge >= 0.3 is 6.09 Å². The Morgan fingerprint density at radius 3 is 2.42 bits per heavy atom. The van der Waals surface area contributed by atoms with Gasteiger partial charge in [-0.1, -0.05) is 41.6 Å². The third kappa shape index (κ3) is 3.93. The van der Waals surface area contributed by atoms with Crippen LogP contribution in [0.5, 0.6) is 0 Å². The Hall–Kier alpha value is -2.28. The summed E-state index contributed by atoms with van der Waals surface area (Å²) in [5, 5.41) is 0. The molecule has 1 amide bonds. The van der Waals surface area contributed by atoms with Crippen LogP contribution in [0.2, 0.25) is 0 Å². The van der Waals surface area contributed by atoms with E-state index in [-0.39, 0.29) is 32.0 Å². The van der Waals surface area contributed by atoms with E-state index in [4.69, 9.17) is 4.74 Å². The molecule has 2 aromatic carbocycles. The van der Waals surface area contributed by atoms with Crippen molar-refractivity contribution in [1.29, 1.82) is 0 Å². The summed E-state index contributed by atoms with van der Waals surface area (Å²) >= 11 is 3.36. The topological polar surface area (TPSA) is 41.9 Å². The highest BCUT2D eigenvalue weighted by atomic mass is 79.9. The van der Waals surface area contributed by atoms with Gasteiger partial charge in [-0.25, -0.2) is 13.6 Å². The van der Waals surface area contributed by atoms with Crippen molar-refractivity contribution < 1.29 is 18.3 Å². The lowest BCUT2D eigenvalue weighted by molar-refractivity contribution is 0.129. The molecule has 4 nitrogen and oxygen atoms in total. The van der Waals surface area contributed by atoms with Crippen LogP contribution in [0.15, 0.2) is 51.9 Å². The van der Waals surface area contributed by atoms with E-state index >= 15 is 0 Å². The van der Waals surface area contributed by atoms with Gasteiger partial charge in [-0.2, -0.15) is 0 Å². The highest BCUT2D eigenvalue weighted by Gasteiger charge is 2.35. The van der Waals surface area contributed by atoms with Crippen LogP contribution < -0.4 is 0 Å². The molecule has 0 spiro atoms. The second kappa shape index (κ2) is 8.40. The Morgan fingerprint density at radius 1 is 1.23 bits per heavy atom. The summed E-state index contributed by atoms with van der Waals surface area (Å²) in [7, 11) is 0. The van der Waals surface area contributed by atoms with Crippen molar-refractivity contribution in [2.75, 3.05) is 13.2 Å². The SMILES string of the molecule is C.CCOC(=O)N1CC(c2ccc(Br)cc2)N=C1c1c(F)cccc1F. The Morgan fingerprint density at radius 2 is 1.85 bits per heavy atom. The molecule has 1 atom stereocenters. The molecule has 1 unspecified atom stereocenters. The first-order chi connectivity index (χ1) is 12.0. The molecule has 0 bridgehead atoms. The minimum absolute atomic E-state index is 0.